The first-order valence-electron chi connectivity index (χ1n) is 8.97. The molecule has 4 heteroatoms. The molecule has 0 aliphatic heterocycles. The average molecular weight is 387 g/mol. The highest BCUT2D eigenvalue weighted by molar-refractivity contribution is 7.15. The van der Waals surface area contributed by atoms with E-state index in [-0.39, 0.29) is 24.4 Å². The number of ketones is 2. The Labute approximate surface area is 164 Å². The molecule has 2 nitrogen and oxygen atoms in total. The quantitative estimate of drug-likeness (QED) is 0.435. The fourth-order valence-electron chi connectivity index (χ4n) is 2.23. The molecule has 2 aromatic rings. The minimum Gasteiger partial charge on any atom is -0.293 e. The number of carbonyl (C=O) groups is 2. The van der Waals surface area contributed by atoms with Crippen molar-refractivity contribution in [3.05, 3.63) is 55.9 Å². The second kappa shape index (κ2) is 9.79. The molecular formula is C22H26O2S2. The first-order valence-corrected chi connectivity index (χ1v) is 10.6. The lowest BCUT2D eigenvalue weighted by Gasteiger charge is -1.97. The van der Waals surface area contributed by atoms with Gasteiger partial charge in [-0.1, -0.05) is 39.8 Å². The van der Waals surface area contributed by atoms with Crippen molar-refractivity contribution < 1.29 is 9.59 Å². The monoisotopic (exact) mass is 386 g/mol. The van der Waals surface area contributed by atoms with Crippen LogP contribution in [0.1, 0.15) is 69.6 Å². The van der Waals surface area contributed by atoms with E-state index in [0.717, 1.165) is 19.5 Å². The molecule has 0 atom stereocenters. The van der Waals surface area contributed by atoms with Crippen LogP contribution in [0.3, 0.4) is 0 Å². The molecule has 0 unspecified atom stereocenters. The van der Waals surface area contributed by atoms with Crippen LogP contribution < -0.4 is 0 Å². The molecule has 138 valence electrons. The van der Waals surface area contributed by atoms with Crippen molar-refractivity contribution in [1.29, 1.82) is 0 Å². The standard InChI is InChI=1S/C22H26O2S2/c1-15(2)5-7-17-9-13-21(25-17)19(23)11-12-20(24)22-14-10-18(26-22)8-6-16(3)4/h5-10,13-16H,11-12H2,1-4H3/b7-5+,8-6+. The molecule has 0 aliphatic carbocycles. The van der Waals surface area contributed by atoms with Crippen LogP contribution in [-0.4, -0.2) is 11.6 Å². The predicted molar refractivity (Wildman–Crippen MR) is 114 cm³/mol. The molecule has 0 saturated heterocycles. The first kappa shape index (κ1) is 20.5. The maximum Gasteiger partial charge on any atom is 0.173 e. The fourth-order valence-corrected chi connectivity index (χ4v) is 4.01. The Morgan fingerprint density at radius 2 is 1.15 bits per heavy atom. The van der Waals surface area contributed by atoms with Gasteiger partial charge in [0.1, 0.15) is 0 Å². The van der Waals surface area contributed by atoms with E-state index in [9.17, 15) is 9.59 Å². The van der Waals surface area contributed by atoms with Gasteiger partial charge in [0.05, 0.1) is 9.75 Å². The number of thiophene rings is 2. The average Bonchev–Trinajstić information content (AvgIpc) is 3.25. The normalized spacial score (nSPS) is 12.1. The molecule has 2 heterocycles. The molecule has 0 saturated carbocycles. The van der Waals surface area contributed by atoms with Gasteiger partial charge in [0, 0.05) is 22.6 Å². The largest absolute Gasteiger partial charge is 0.293 e. The number of Topliss-reactive ketones (excluding diaryl/α,β-unsaturated/α-hetero) is 2. The second-order valence-electron chi connectivity index (χ2n) is 6.96. The molecule has 0 spiro atoms. The molecule has 0 N–H and O–H groups in total. The van der Waals surface area contributed by atoms with Gasteiger partial charge in [0.15, 0.2) is 11.6 Å². The highest BCUT2D eigenvalue weighted by Crippen LogP contribution is 2.23. The minimum atomic E-state index is 0.0454. The topological polar surface area (TPSA) is 34.1 Å². The van der Waals surface area contributed by atoms with Crippen molar-refractivity contribution in [2.45, 2.75) is 40.5 Å². The van der Waals surface area contributed by atoms with Gasteiger partial charge in [0.25, 0.3) is 0 Å². The van der Waals surface area contributed by atoms with E-state index in [1.807, 2.05) is 24.3 Å². The van der Waals surface area contributed by atoms with Crippen LogP contribution in [0.2, 0.25) is 0 Å². The lowest BCUT2D eigenvalue weighted by Crippen LogP contribution is -2.02. The molecule has 2 rings (SSSR count). The Balaban J connectivity index is 1.90. The van der Waals surface area contributed by atoms with E-state index >= 15 is 0 Å². The summed E-state index contributed by atoms with van der Waals surface area (Å²) >= 11 is 2.98. The van der Waals surface area contributed by atoms with Crippen LogP contribution in [0.15, 0.2) is 36.4 Å². The number of hydrogen-bond donors (Lipinski definition) is 0. The summed E-state index contributed by atoms with van der Waals surface area (Å²) in [6.45, 7) is 8.49. The van der Waals surface area contributed by atoms with Gasteiger partial charge in [-0.3, -0.25) is 9.59 Å². The summed E-state index contributed by atoms with van der Waals surface area (Å²) in [5.41, 5.74) is 0. The van der Waals surface area contributed by atoms with Crippen molar-refractivity contribution in [3.63, 3.8) is 0 Å². The van der Waals surface area contributed by atoms with Crippen LogP contribution >= 0.6 is 22.7 Å². The van der Waals surface area contributed by atoms with Gasteiger partial charge in [-0.15, -0.1) is 22.7 Å². The van der Waals surface area contributed by atoms with Crippen LogP contribution in [0, 0.1) is 11.8 Å². The van der Waals surface area contributed by atoms with Crippen LogP contribution in [0.25, 0.3) is 12.2 Å². The predicted octanol–water partition coefficient (Wildman–Crippen LogP) is 6.99. The molecule has 0 aromatic carbocycles. The van der Waals surface area contributed by atoms with Crippen molar-refractivity contribution >= 4 is 46.4 Å². The maximum atomic E-state index is 12.3. The summed E-state index contributed by atoms with van der Waals surface area (Å²) in [6, 6.07) is 7.64. The Morgan fingerprint density at radius 1 is 0.769 bits per heavy atom. The summed E-state index contributed by atoms with van der Waals surface area (Å²) < 4.78 is 0. The highest BCUT2D eigenvalue weighted by Gasteiger charge is 2.14. The smallest absolute Gasteiger partial charge is 0.173 e. The van der Waals surface area contributed by atoms with Crippen molar-refractivity contribution in [1.82, 2.24) is 0 Å². The third-order valence-electron chi connectivity index (χ3n) is 3.67. The summed E-state index contributed by atoms with van der Waals surface area (Å²) in [5.74, 6) is 1.06. The molecule has 0 bridgehead atoms. The van der Waals surface area contributed by atoms with Gasteiger partial charge in [-0.25, -0.2) is 0 Å². The number of allylic oxidation sites excluding steroid dienone is 2. The lowest BCUT2D eigenvalue weighted by molar-refractivity contribution is 0.0921. The van der Waals surface area contributed by atoms with E-state index in [2.05, 4.69) is 52.0 Å². The van der Waals surface area contributed by atoms with Crippen molar-refractivity contribution in [3.8, 4) is 0 Å². The third-order valence-corrected chi connectivity index (χ3v) is 5.86. The van der Waals surface area contributed by atoms with Gasteiger partial charge < -0.3 is 0 Å². The Kier molecular flexibility index (Phi) is 7.73. The molecule has 0 amide bonds. The molecule has 2 aromatic heterocycles. The molecular weight excluding hydrogens is 360 g/mol. The molecule has 0 radical (unpaired) electrons. The zero-order chi connectivity index (χ0) is 19.1. The molecule has 0 aliphatic rings. The van der Waals surface area contributed by atoms with E-state index < -0.39 is 0 Å². The van der Waals surface area contributed by atoms with Crippen molar-refractivity contribution in [2.75, 3.05) is 0 Å². The van der Waals surface area contributed by atoms with Crippen LogP contribution in [0.4, 0.5) is 0 Å². The Morgan fingerprint density at radius 3 is 1.50 bits per heavy atom. The third kappa shape index (κ3) is 6.50. The number of hydrogen-bond acceptors (Lipinski definition) is 4. The number of carbonyl (C=O) groups excluding carboxylic acids is 2. The Bertz CT molecular complexity index is 735. The zero-order valence-corrected chi connectivity index (χ0v) is 17.5. The van der Waals surface area contributed by atoms with E-state index in [0.29, 0.717) is 11.8 Å². The van der Waals surface area contributed by atoms with Crippen LogP contribution in [0.5, 0.6) is 0 Å². The minimum absolute atomic E-state index is 0.0454. The van der Waals surface area contributed by atoms with E-state index in [1.54, 1.807) is 0 Å². The van der Waals surface area contributed by atoms with E-state index in [1.165, 1.54) is 22.7 Å². The highest BCUT2D eigenvalue weighted by atomic mass is 32.1. The molecule has 26 heavy (non-hydrogen) atoms. The van der Waals surface area contributed by atoms with Gasteiger partial charge in [-0.2, -0.15) is 0 Å². The second-order valence-corrected chi connectivity index (χ2v) is 9.19. The van der Waals surface area contributed by atoms with Crippen LogP contribution in [-0.2, 0) is 0 Å². The van der Waals surface area contributed by atoms with Crippen molar-refractivity contribution in [2.24, 2.45) is 11.8 Å². The zero-order valence-electron chi connectivity index (χ0n) is 15.8. The lowest BCUT2D eigenvalue weighted by atomic mass is 10.1. The SMILES string of the molecule is CC(C)/C=C/c1ccc(C(=O)CCC(=O)c2ccc(/C=C/C(C)C)s2)s1. The maximum absolute atomic E-state index is 12.3. The number of rotatable bonds is 9. The van der Waals surface area contributed by atoms with Gasteiger partial charge in [-0.05, 0) is 48.3 Å². The molecule has 0 fully saturated rings. The van der Waals surface area contributed by atoms with Gasteiger partial charge in [0.2, 0.25) is 0 Å². The van der Waals surface area contributed by atoms with E-state index in [4.69, 9.17) is 0 Å². The fraction of sp³-hybridized carbons (Fsp3) is 0.364. The first-order chi connectivity index (χ1) is 12.3. The summed E-state index contributed by atoms with van der Waals surface area (Å²) in [7, 11) is 0. The summed E-state index contributed by atoms with van der Waals surface area (Å²) in [4.78, 5) is 28.3. The summed E-state index contributed by atoms with van der Waals surface area (Å²) in [6.07, 6.45) is 8.87. The Hall–Kier alpha value is -1.78. The summed E-state index contributed by atoms with van der Waals surface area (Å²) in [5, 5.41) is 0. The van der Waals surface area contributed by atoms with Gasteiger partial charge >= 0.3 is 0 Å².